The van der Waals surface area contributed by atoms with Crippen molar-refractivity contribution in [3.05, 3.63) is 35.3 Å². The van der Waals surface area contributed by atoms with Crippen LogP contribution in [0.1, 0.15) is 10.5 Å². The molecule has 0 aliphatic carbocycles. The first kappa shape index (κ1) is 12.5. The predicted molar refractivity (Wildman–Crippen MR) is 66.2 cm³/mol. The molecule has 1 aromatic carbocycles. The van der Waals surface area contributed by atoms with Gasteiger partial charge in [-0.2, -0.15) is 0 Å². The van der Waals surface area contributed by atoms with Gasteiger partial charge in [0, 0.05) is 16.6 Å². The maximum Gasteiger partial charge on any atom is 0.355 e. The van der Waals surface area contributed by atoms with Gasteiger partial charge in [0.05, 0.1) is 0 Å². The fraction of sp³-hybridized carbons (Fsp3) is 0. The second-order valence-corrected chi connectivity index (χ2v) is 3.83. The highest BCUT2D eigenvalue weighted by molar-refractivity contribution is 7.13. The van der Waals surface area contributed by atoms with Crippen molar-refractivity contribution in [1.29, 1.82) is 0 Å². The molecule has 0 amide bonds. The largest absolute Gasteiger partial charge is 0.476 e. The van der Waals surface area contributed by atoms with Gasteiger partial charge in [0.1, 0.15) is 5.01 Å². The summed E-state index contributed by atoms with van der Waals surface area (Å²) in [4.78, 5) is 14.6. The second kappa shape index (κ2) is 4.96. The summed E-state index contributed by atoms with van der Waals surface area (Å²) in [6.45, 7) is 0. The SMILES string of the molecule is Cl.Nc1cccc(-c2nc(C(=O)O)cs2)c1. The summed E-state index contributed by atoms with van der Waals surface area (Å²) in [6.07, 6.45) is 0. The van der Waals surface area contributed by atoms with Gasteiger partial charge in [-0.25, -0.2) is 9.78 Å². The number of anilines is 1. The monoisotopic (exact) mass is 256 g/mol. The van der Waals surface area contributed by atoms with Gasteiger partial charge < -0.3 is 10.8 Å². The molecule has 0 fully saturated rings. The number of hydrogen-bond donors (Lipinski definition) is 2. The molecule has 1 aromatic heterocycles. The van der Waals surface area contributed by atoms with E-state index in [1.807, 2.05) is 12.1 Å². The maximum atomic E-state index is 10.6. The van der Waals surface area contributed by atoms with E-state index in [-0.39, 0.29) is 18.1 Å². The molecule has 0 radical (unpaired) electrons. The average Bonchev–Trinajstić information content (AvgIpc) is 2.66. The lowest BCUT2D eigenvalue weighted by Crippen LogP contribution is -1.95. The Morgan fingerprint density at radius 3 is 2.75 bits per heavy atom. The Morgan fingerprint density at radius 2 is 2.19 bits per heavy atom. The molecular weight excluding hydrogens is 248 g/mol. The van der Waals surface area contributed by atoms with Crippen molar-refractivity contribution >= 4 is 35.4 Å². The number of aromatic nitrogens is 1. The third-order valence-electron chi connectivity index (χ3n) is 1.86. The molecule has 1 heterocycles. The smallest absolute Gasteiger partial charge is 0.355 e. The molecule has 84 valence electrons. The number of thiazole rings is 1. The van der Waals surface area contributed by atoms with Crippen LogP contribution in [0.25, 0.3) is 10.6 Å². The third kappa shape index (κ3) is 2.50. The van der Waals surface area contributed by atoms with Crippen LogP contribution in [-0.4, -0.2) is 16.1 Å². The summed E-state index contributed by atoms with van der Waals surface area (Å²) in [7, 11) is 0. The summed E-state index contributed by atoms with van der Waals surface area (Å²) < 4.78 is 0. The zero-order chi connectivity index (χ0) is 10.8. The molecule has 3 N–H and O–H groups in total. The summed E-state index contributed by atoms with van der Waals surface area (Å²) >= 11 is 1.29. The Kier molecular flexibility index (Phi) is 3.87. The fourth-order valence-corrected chi connectivity index (χ4v) is 1.97. The van der Waals surface area contributed by atoms with Gasteiger partial charge in [0.25, 0.3) is 0 Å². The van der Waals surface area contributed by atoms with Crippen molar-refractivity contribution in [2.24, 2.45) is 0 Å². The molecule has 2 rings (SSSR count). The molecule has 0 saturated heterocycles. The molecular formula is C10H9ClN2O2S. The number of carboxylic acids is 1. The number of nitrogen functional groups attached to an aromatic ring is 1. The normalized spacial score (nSPS) is 9.50. The van der Waals surface area contributed by atoms with Crippen LogP contribution in [0.4, 0.5) is 5.69 Å². The van der Waals surface area contributed by atoms with E-state index in [1.54, 1.807) is 12.1 Å². The highest BCUT2D eigenvalue weighted by atomic mass is 35.5. The number of carboxylic acid groups (broad SMARTS) is 1. The molecule has 0 unspecified atom stereocenters. The Balaban J connectivity index is 0.00000128. The minimum Gasteiger partial charge on any atom is -0.476 e. The molecule has 6 heteroatoms. The fourth-order valence-electron chi connectivity index (χ4n) is 1.18. The van der Waals surface area contributed by atoms with Crippen molar-refractivity contribution in [3.63, 3.8) is 0 Å². The standard InChI is InChI=1S/C10H8N2O2S.ClH/c11-7-3-1-2-6(4-7)9-12-8(5-15-9)10(13)14;/h1-5H,11H2,(H,13,14);1H. The van der Waals surface area contributed by atoms with Crippen molar-refractivity contribution < 1.29 is 9.90 Å². The minimum atomic E-state index is -1.01. The highest BCUT2D eigenvalue weighted by Gasteiger charge is 2.09. The lowest BCUT2D eigenvalue weighted by molar-refractivity contribution is 0.0691. The Bertz CT molecular complexity index is 513. The molecule has 0 spiro atoms. The first-order valence-electron chi connectivity index (χ1n) is 4.21. The van der Waals surface area contributed by atoms with Gasteiger partial charge in [-0.1, -0.05) is 12.1 Å². The van der Waals surface area contributed by atoms with Crippen LogP contribution in [0.3, 0.4) is 0 Å². The zero-order valence-electron chi connectivity index (χ0n) is 8.08. The molecule has 4 nitrogen and oxygen atoms in total. The summed E-state index contributed by atoms with van der Waals surface area (Å²) in [5.74, 6) is -1.01. The van der Waals surface area contributed by atoms with Crippen molar-refractivity contribution in [3.8, 4) is 10.6 Å². The van der Waals surface area contributed by atoms with Crippen molar-refractivity contribution in [2.45, 2.75) is 0 Å². The van der Waals surface area contributed by atoms with Gasteiger partial charge >= 0.3 is 5.97 Å². The van der Waals surface area contributed by atoms with E-state index in [4.69, 9.17) is 10.8 Å². The number of benzene rings is 1. The number of rotatable bonds is 2. The second-order valence-electron chi connectivity index (χ2n) is 2.97. The number of halogens is 1. The molecule has 0 aliphatic heterocycles. The van der Waals surface area contributed by atoms with Crippen molar-refractivity contribution in [2.75, 3.05) is 5.73 Å². The predicted octanol–water partition coefficient (Wildman–Crippen LogP) is 2.51. The van der Waals surface area contributed by atoms with E-state index in [1.165, 1.54) is 16.7 Å². The van der Waals surface area contributed by atoms with E-state index >= 15 is 0 Å². The molecule has 0 atom stereocenters. The summed E-state index contributed by atoms with van der Waals surface area (Å²) in [6, 6.07) is 7.20. The Labute approximate surface area is 102 Å². The van der Waals surface area contributed by atoms with Gasteiger partial charge in [0.2, 0.25) is 0 Å². The topological polar surface area (TPSA) is 76.2 Å². The lowest BCUT2D eigenvalue weighted by Gasteiger charge is -1.96. The van der Waals surface area contributed by atoms with Gasteiger partial charge in [-0.15, -0.1) is 23.7 Å². The Hall–Kier alpha value is -1.59. The number of carbonyl (C=O) groups is 1. The van der Waals surface area contributed by atoms with E-state index in [0.29, 0.717) is 10.7 Å². The van der Waals surface area contributed by atoms with Crippen LogP contribution in [-0.2, 0) is 0 Å². The average molecular weight is 257 g/mol. The van der Waals surface area contributed by atoms with E-state index < -0.39 is 5.97 Å². The zero-order valence-corrected chi connectivity index (χ0v) is 9.72. The van der Waals surface area contributed by atoms with E-state index in [0.717, 1.165) is 5.56 Å². The number of aromatic carboxylic acids is 1. The molecule has 0 bridgehead atoms. The highest BCUT2D eigenvalue weighted by Crippen LogP contribution is 2.24. The van der Waals surface area contributed by atoms with Crippen LogP contribution in [0.15, 0.2) is 29.6 Å². The first-order chi connectivity index (χ1) is 7.16. The van der Waals surface area contributed by atoms with Crippen molar-refractivity contribution in [1.82, 2.24) is 4.98 Å². The maximum absolute atomic E-state index is 10.6. The molecule has 0 aliphatic rings. The van der Waals surface area contributed by atoms with Crippen LogP contribution < -0.4 is 5.73 Å². The quantitative estimate of drug-likeness (QED) is 0.810. The summed E-state index contributed by atoms with van der Waals surface area (Å²) in [5, 5.41) is 10.9. The Morgan fingerprint density at radius 1 is 1.44 bits per heavy atom. The lowest BCUT2D eigenvalue weighted by atomic mass is 10.2. The van der Waals surface area contributed by atoms with Gasteiger partial charge in [-0.05, 0) is 12.1 Å². The van der Waals surface area contributed by atoms with Crippen LogP contribution in [0.5, 0.6) is 0 Å². The van der Waals surface area contributed by atoms with Gasteiger partial charge in [-0.3, -0.25) is 0 Å². The summed E-state index contributed by atoms with van der Waals surface area (Å²) in [5.41, 5.74) is 7.17. The first-order valence-corrected chi connectivity index (χ1v) is 5.09. The minimum absolute atomic E-state index is 0. The van der Waals surface area contributed by atoms with Crippen LogP contribution in [0, 0.1) is 0 Å². The van der Waals surface area contributed by atoms with Crippen LogP contribution >= 0.6 is 23.7 Å². The van der Waals surface area contributed by atoms with E-state index in [9.17, 15) is 4.79 Å². The van der Waals surface area contributed by atoms with E-state index in [2.05, 4.69) is 4.98 Å². The number of nitrogens with zero attached hydrogens (tertiary/aromatic N) is 1. The third-order valence-corrected chi connectivity index (χ3v) is 2.75. The molecule has 16 heavy (non-hydrogen) atoms. The van der Waals surface area contributed by atoms with Crippen LogP contribution in [0.2, 0.25) is 0 Å². The molecule has 0 saturated carbocycles. The number of nitrogens with two attached hydrogens (primary N) is 1. The number of hydrogen-bond acceptors (Lipinski definition) is 4. The molecule has 2 aromatic rings. The van der Waals surface area contributed by atoms with Gasteiger partial charge in [0.15, 0.2) is 5.69 Å².